The highest BCUT2D eigenvalue weighted by Gasteiger charge is 2.29. The summed E-state index contributed by atoms with van der Waals surface area (Å²) in [7, 11) is -1.84. The zero-order valence-electron chi connectivity index (χ0n) is 12.0. The number of hydrogen-bond donors (Lipinski definition) is 1. The van der Waals surface area contributed by atoms with Gasteiger partial charge in [0.05, 0.1) is 9.88 Å². The average molecular weight is 328 g/mol. The van der Waals surface area contributed by atoms with Crippen LogP contribution in [-0.2, 0) is 21.2 Å². The molecule has 0 radical (unpaired) electrons. The Morgan fingerprint density at radius 3 is 2.43 bits per heavy atom. The maximum atomic E-state index is 12.6. The number of benzene rings is 1. The van der Waals surface area contributed by atoms with E-state index in [1.54, 1.807) is 31.3 Å². The van der Waals surface area contributed by atoms with E-state index in [4.69, 9.17) is 22.7 Å². The van der Waals surface area contributed by atoms with Crippen molar-refractivity contribution >= 4 is 27.2 Å². The third kappa shape index (κ3) is 4.00. The van der Waals surface area contributed by atoms with Gasteiger partial charge in [-0.3, -0.25) is 0 Å². The van der Waals surface area contributed by atoms with Gasteiger partial charge in [0.15, 0.2) is 0 Å². The maximum Gasteiger partial charge on any atom is 0.243 e. The second-order valence-corrected chi connectivity index (χ2v) is 7.67. The molecule has 1 aromatic carbocycles. The minimum absolute atomic E-state index is 0.0000427. The normalized spacial score (nSPS) is 17.0. The van der Waals surface area contributed by atoms with Crippen LogP contribution in [0.4, 0.5) is 0 Å². The van der Waals surface area contributed by atoms with E-state index < -0.39 is 10.0 Å². The molecule has 116 valence electrons. The molecule has 1 heterocycles. The lowest BCUT2D eigenvalue weighted by molar-refractivity contribution is 0.0632. The van der Waals surface area contributed by atoms with Gasteiger partial charge in [0, 0.05) is 32.7 Å². The van der Waals surface area contributed by atoms with Crippen LogP contribution in [0.1, 0.15) is 18.4 Å². The van der Waals surface area contributed by atoms with Crippen molar-refractivity contribution in [1.82, 2.24) is 4.31 Å². The molecule has 21 heavy (non-hydrogen) atoms. The SMILES string of the molecule is CN(C1CCOCC1)S(=O)(=O)c1ccc(CC(N)=S)cc1. The van der Waals surface area contributed by atoms with E-state index in [0.29, 0.717) is 29.5 Å². The van der Waals surface area contributed by atoms with Crippen molar-refractivity contribution in [3.63, 3.8) is 0 Å². The molecule has 0 unspecified atom stereocenters. The van der Waals surface area contributed by atoms with Crippen LogP contribution >= 0.6 is 12.2 Å². The number of nitrogens with two attached hydrogens (primary N) is 1. The van der Waals surface area contributed by atoms with E-state index in [9.17, 15) is 8.42 Å². The highest BCUT2D eigenvalue weighted by molar-refractivity contribution is 7.89. The monoisotopic (exact) mass is 328 g/mol. The van der Waals surface area contributed by atoms with Crippen LogP contribution in [0, 0.1) is 0 Å². The summed E-state index contributed by atoms with van der Waals surface area (Å²) in [5.41, 5.74) is 6.40. The molecule has 0 aliphatic carbocycles. The van der Waals surface area contributed by atoms with Crippen LogP contribution in [0.3, 0.4) is 0 Å². The third-order valence-electron chi connectivity index (χ3n) is 3.68. The first-order valence-electron chi connectivity index (χ1n) is 6.84. The van der Waals surface area contributed by atoms with Crippen molar-refractivity contribution in [1.29, 1.82) is 0 Å². The fourth-order valence-corrected chi connectivity index (χ4v) is 3.97. The molecular formula is C14H20N2O3S2. The number of sulfonamides is 1. The van der Waals surface area contributed by atoms with E-state index >= 15 is 0 Å². The third-order valence-corrected chi connectivity index (χ3v) is 5.75. The Hall–Kier alpha value is -1.02. The second kappa shape index (κ2) is 6.83. The topological polar surface area (TPSA) is 72.6 Å². The summed E-state index contributed by atoms with van der Waals surface area (Å²) >= 11 is 4.85. The van der Waals surface area contributed by atoms with Gasteiger partial charge in [-0.15, -0.1) is 0 Å². The predicted octanol–water partition coefficient (Wildman–Crippen LogP) is 1.31. The molecule has 0 amide bonds. The molecule has 7 heteroatoms. The molecular weight excluding hydrogens is 308 g/mol. The van der Waals surface area contributed by atoms with Gasteiger partial charge in [0.2, 0.25) is 10.0 Å². The van der Waals surface area contributed by atoms with Gasteiger partial charge in [-0.05, 0) is 30.5 Å². The Kier molecular flexibility index (Phi) is 5.32. The second-order valence-electron chi connectivity index (χ2n) is 5.15. The quantitative estimate of drug-likeness (QED) is 0.825. The number of nitrogens with zero attached hydrogens (tertiary/aromatic N) is 1. The zero-order valence-corrected chi connectivity index (χ0v) is 13.6. The minimum Gasteiger partial charge on any atom is -0.393 e. The zero-order chi connectivity index (χ0) is 15.5. The fourth-order valence-electron chi connectivity index (χ4n) is 2.39. The first-order valence-corrected chi connectivity index (χ1v) is 8.69. The van der Waals surface area contributed by atoms with Crippen molar-refractivity contribution in [2.45, 2.75) is 30.2 Å². The van der Waals surface area contributed by atoms with E-state index in [-0.39, 0.29) is 6.04 Å². The van der Waals surface area contributed by atoms with Gasteiger partial charge in [-0.2, -0.15) is 4.31 Å². The Bertz CT molecular complexity index is 593. The van der Waals surface area contributed by atoms with E-state index in [1.807, 2.05) is 0 Å². The summed E-state index contributed by atoms with van der Waals surface area (Å²) in [6.07, 6.45) is 1.94. The highest BCUT2D eigenvalue weighted by atomic mass is 32.2. The molecule has 0 spiro atoms. The summed E-state index contributed by atoms with van der Waals surface area (Å²) < 4.78 is 31.9. The lowest BCUT2D eigenvalue weighted by atomic mass is 10.1. The Morgan fingerprint density at radius 1 is 1.33 bits per heavy atom. The number of hydrogen-bond acceptors (Lipinski definition) is 4. The van der Waals surface area contributed by atoms with Gasteiger partial charge >= 0.3 is 0 Å². The molecule has 0 atom stereocenters. The molecule has 0 saturated carbocycles. The molecule has 1 fully saturated rings. The number of ether oxygens (including phenoxy) is 1. The molecule has 1 saturated heterocycles. The number of rotatable bonds is 5. The minimum atomic E-state index is -3.47. The molecule has 2 N–H and O–H groups in total. The van der Waals surface area contributed by atoms with Crippen molar-refractivity contribution < 1.29 is 13.2 Å². The average Bonchev–Trinajstić information content (AvgIpc) is 2.47. The highest BCUT2D eigenvalue weighted by Crippen LogP contribution is 2.22. The Balaban J connectivity index is 2.16. The lowest BCUT2D eigenvalue weighted by Crippen LogP contribution is -2.40. The largest absolute Gasteiger partial charge is 0.393 e. The van der Waals surface area contributed by atoms with Crippen LogP contribution in [-0.4, -0.2) is 44.0 Å². The molecule has 2 rings (SSSR count). The molecule has 0 aromatic heterocycles. The van der Waals surface area contributed by atoms with Crippen LogP contribution in [0.5, 0.6) is 0 Å². The molecule has 5 nitrogen and oxygen atoms in total. The van der Waals surface area contributed by atoms with Gasteiger partial charge in [-0.1, -0.05) is 24.4 Å². The lowest BCUT2D eigenvalue weighted by Gasteiger charge is -2.30. The summed E-state index contributed by atoms with van der Waals surface area (Å²) in [4.78, 5) is 0.688. The van der Waals surface area contributed by atoms with Crippen LogP contribution in [0.25, 0.3) is 0 Å². The van der Waals surface area contributed by atoms with Crippen molar-refractivity contribution in [3.8, 4) is 0 Å². The van der Waals surface area contributed by atoms with Gasteiger partial charge < -0.3 is 10.5 Å². The van der Waals surface area contributed by atoms with Gasteiger partial charge in [0.1, 0.15) is 0 Å². The van der Waals surface area contributed by atoms with Gasteiger partial charge in [-0.25, -0.2) is 8.42 Å². The van der Waals surface area contributed by atoms with Crippen LogP contribution in [0.2, 0.25) is 0 Å². The van der Waals surface area contributed by atoms with Crippen LogP contribution in [0.15, 0.2) is 29.2 Å². The Morgan fingerprint density at radius 2 is 1.90 bits per heavy atom. The summed E-state index contributed by atoms with van der Waals surface area (Å²) in [6.45, 7) is 1.22. The van der Waals surface area contributed by atoms with E-state index in [0.717, 1.165) is 18.4 Å². The van der Waals surface area contributed by atoms with Gasteiger partial charge in [0.25, 0.3) is 0 Å². The molecule has 1 aliphatic rings. The summed E-state index contributed by atoms with van der Waals surface area (Å²) in [5.74, 6) is 0. The maximum absolute atomic E-state index is 12.6. The standard InChI is InChI=1S/C14H20N2O3S2/c1-16(12-6-8-19-9-7-12)21(17,18)13-4-2-11(3-5-13)10-14(15)20/h2-5,12H,6-10H2,1H3,(H2,15,20). The predicted molar refractivity (Wildman–Crippen MR) is 85.7 cm³/mol. The van der Waals surface area contributed by atoms with Crippen LogP contribution < -0.4 is 5.73 Å². The molecule has 0 bridgehead atoms. The smallest absolute Gasteiger partial charge is 0.243 e. The van der Waals surface area contributed by atoms with Crippen molar-refractivity contribution in [3.05, 3.63) is 29.8 Å². The van der Waals surface area contributed by atoms with E-state index in [1.165, 1.54) is 4.31 Å². The van der Waals surface area contributed by atoms with Crippen molar-refractivity contribution in [2.24, 2.45) is 5.73 Å². The first kappa shape index (κ1) is 16.4. The fraction of sp³-hybridized carbons (Fsp3) is 0.500. The van der Waals surface area contributed by atoms with E-state index in [2.05, 4.69) is 0 Å². The first-order chi connectivity index (χ1) is 9.91. The number of thiocarbonyl (C=S) groups is 1. The molecule has 1 aromatic rings. The Labute approximate surface area is 131 Å². The summed E-state index contributed by atoms with van der Waals surface area (Å²) in [5, 5.41) is 0. The molecule has 1 aliphatic heterocycles. The summed E-state index contributed by atoms with van der Waals surface area (Å²) in [6, 6.07) is 6.73. The van der Waals surface area contributed by atoms with Crippen molar-refractivity contribution in [2.75, 3.05) is 20.3 Å².